The van der Waals surface area contributed by atoms with Crippen LogP contribution in [0.15, 0.2) is 33.9 Å². The van der Waals surface area contributed by atoms with E-state index < -0.39 is 5.72 Å². The highest BCUT2D eigenvalue weighted by molar-refractivity contribution is 5.81. The molecule has 0 radical (unpaired) electrons. The number of guanidine groups is 1. The summed E-state index contributed by atoms with van der Waals surface area (Å²) in [5.74, 6) is 1.37. The van der Waals surface area contributed by atoms with Crippen LogP contribution in [0.3, 0.4) is 0 Å². The lowest BCUT2D eigenvalue weighted by atomic mass is 10.0. The molecule has 0 saturated carbocycles. The fraction of sp³-hybridized carbons (Fsp3) is 0.500. The van der Waals surface area contributed by atoms with Crippen molar-refractivity contribution < 1.29 is 9.25 Å². The smallest absolute Gasteiger partial charge is 0.222 e. The first kappa shape index (κ1) is 19.0. The first-order chi connectivity index (χ1) is 14.5. The van der Waals surface area contributed by atoms with Crippen LogP contribution < -0.4 is 5.48 Å². The maximum Gasteiger partial charge on any atom is 0.222 e. The van der Waals surface area contributed by atoms with Crippen molar-refractivity contribution in [3.63, 3.8) is 0 Å². The Labute approximate surface area is 174 Å². The van der Waals surface area contributed by atoms with Gasteiger partial charge in [-0.15, -0.1) is 5.10 Å². The fourth-order valence-electron chi connectivity index (χ4n) is 3.98. The van der Waals surface area contributed by atoms with Gasteiger partial charge in [-0.2, -0.15) is 0 Å². The van der Waals surface area contributed by atoms with Gasteiger partial charge < -0.3 is 14.2 Å². The Morgan fingerprint density at radius 2 is 2.03 bits per heavy atom. The number of fused-ring (bicyclic) bond motifs is 1. The van der Waals surface area contributed by atoms with Gasteiger partial charge in [-0.3, -0.25) is 0 Å². The number of nitrogens with zero attached hydrogens (tertiary/aromatic N) is 7. The van der Waals surface area contributed by atoms with Gasteiger partial charge >= 0.3 is 0 Å². The number of rotatable bonds is 4. The van der Waals surface area contributed by atoms with Crippen molar-refractivity contribution in [3.8, 4) is 0 Å². The van der Waals surface area contributed by atoms with E-state index in [-0.39, 0.29) is 0 Å². The van der Waals surface area contributed by atoms with E-state index in [9.17, 15) is 0 Å². The van der Waals surface area contributed by atoms with Crippen LogP contribution in [0.25, 0.3) is 11.0 Å². The third-order valence-electron chi connectivity index (χ3n) is 5.78. The summed E-state index contributed by atoms with van der Waals surface area (Å²) in [6.45, 7) is 4.96. The predicted octanol–water partition coefficient (Wildman–Crippen LogP) is 1.58. The largest absolute Gasteiger partial charge is 0.449 e. The minimum atomic E-state index is -0.491. The Hall–Kier alpha value is -2.98. The van der Waals surface area contributed by atoms with E-state index in [0.29, 0.717) is 19.0 Å². The molecule has 1 saturated heterocycles. The van der Waals surface area contributed by atoms with E-state index in [4.69, 9.17) is 14.2 Å². The highest BCUT2D eigenvalue weighted by Crippen LogP contribution is 2.30. The summed E-state index contributed by atoms with van der Waals surface area (Å²) in [5, 5.41) is 8.34. The predicted molar refractivity (Wildman–Crippen MR) is 110 cm³/mol. The molecule has 30 heavy (non-hydrogen) atoms. The number of benzene rings is 1. The number of likely N-dealkylation sites (tertiary alicyclic amines) is 1. The van der Waals surface area contributed by atoms with E-state index in [1.54, 1.807) is 10.9 Å². The average molecular weight is 410 g/mol. The van der Waals surface area contributed by atoms with E-state index in [1.807, 2.05) is 20.0 Å². The number of hydroxylamine groups is 1. The lowest BCUT2D eigenvalue weighted by Gasteiger charge is -2.33. The van der Waals surface area contributed by atoms with Crippen molar-refractivity contribution in [2.45, 2.75) is 38.6 Å². The van der Waals surface area contributed by atoms with Gasteiger partial charge in [0.15, 0.2) is 11.6 Å². The highest BCUT2D eigenvalue weighted by Gasteiger charge is 2.40. The number of hydrogen-bond acceptors (Lipinski definition) is 9. The van der Waals surface area contributed by atoms with Crippen molar-refractivity contribution in [1.29, 1.82) is 0 Å². The van der Waals surface area contributed by atoms with Crippen LogP contribution in [0.4, 0.5) is 0 Å². The summed E-state index contributed by atoms with van der Waals surface area (Å²) in [6.07, 6.45) is 3.42. The minimum Gasteiger partial charge on any atom is -0.449 e. The maximum absolute atomic E-state index is 5.99. The number of aromatic nitrogens is 4. The van der Waals surface area contributed by atoms with Gasteiger partial charge in [0.2, 0.25) is 5.96 Å². The summed E-state index contributed by atoms with van der Waals surface area (Å²) in [7, 11) is 4.02. The molecular formula is C20H26N8O2. The number of nitrogens with one attached hydrogen (secondary N) is 1. The summed E-state index contributed by atoms with van der Waals surface area (Å²) in [4.78, 5) is 19.9. The molecule has 5 rings (SSSR count). The van der Waals surface area contributed by atoms with E-state index >= 15 is 0 Å². The molecule has 10 nitrogen and oxygen atoms in total. The second-order valence-corrected chi connectivity index (χ2v) is 8.14. The van der Waals surface area contributed by atoms with Crippen LogP contribution in [-0.2, 0) is 25.0 Å². The molecular weight excluding hydrogens is 384 g/mol. The molecule has 0 aliphatic carbocycles. The van der Waals surface area contributed by atoms with E-state index in [2.05, 4.69) is 49.8 Å². The van der Waals surface area contributed by atoms with Gasteiger partial charge in [0.05, 0.1) is 17.8 Å². The number of aryl methyl sites for hydroxylation is 2. The van der Waals surface area contributed by atoms with Crippen LogP contribution in [0.1, 0.15) is 30.0 Å². The van der Waals surface area contributed by atoms with Gasteiger partial charge in [0, 0.05) is 46.4 Å². The van der Waals surface area contributed by atoms with Crippen LogP contribution in [0, 0.1) is 6.92 Å². The Morgan fingerprint density at radius 1 is 1.20 bits per heavy atom. The molecule has 1 fully saturated rings. The Kier molecular flexibility index (Phi) is 4.67. The lowest BCUT2D eigenvalue weighted by molar-refractivity contribution is -0.0875. The molecule has 0 bridgehead atoms. The van der Waals surface area contributed by atoms with Crippen molar-refractivity contribution in [2.75, 3.05) is 20.1 Å². The lowest BCUT2D eigenvalue weighted by Crippen LogP contribution is -2.43. The number of aliphatic imine (C=N–C) groups is 1. The summed E-state index contributed by atoms with van der Waals surface area (Å²) in [5.41, 5.74) is 6.43. The molecule has 3 aromatic rings. The topological polar surface area (TPSA) is 96.8 Å². The van der Waals surface area contributed by atoms with Crippen LogP contribution in [0.2, 0.25) is 0 Å². The third-order valence-corrected chi connectivity index (χ3v) is 5.78. The average Bonchev–Trinajstić information content (AvgIpc) is 3.44. The van der Waals surface area contributed by atoms with Gasteiger partial charge in [-0.1, -0.05) is 11.3 Å². The van der Waals surface area contributed by atoms with Gasteiger partial charge in [0.1, 0.15) is 11.8 Å². The first-order valence-electron chi connectivity index (χ1n) is 10.2. The highest BCUT2D eigenvalue weighted by atomic mass is 16.7. The first-order valence-corrected chi connectivity index (χ1v) is 10.2. The third kappa shape index (κ3) is 3.63. The Bertz CT molecular complexity index is 1080. The van der Waals surface area contributed by atoms with Crippen molar-refractivity contribution in [3.05, 3.63) is 41.6 Å². The monoisotopic (exact) mass is 410 g/mol. The standard InChI is InChI=1S/C20H26N8O2/c1-14-21-16(13-29-14)12-28(11-15-4-5-18-17(10-15)23-25-27(18)3)19-22-20(30-24-19)6-8-26(2)9-7-20/h4-5,10,13H,6-9,11-12H2,1-3H3,(H,22,24). The number of oxazole rings is 1. The van der Waals surface area contributed by atoms with Crippen molar-refractivity contribution >= 4 is 17.0 Å². The molecule has 1 spiro atoms. The van der Waals surface area contributed by atoms with Gasteiger partial charge in [-0.05, 0) is 24.7 Å². The molecule has 0 atom stereocenters. The quantitative estimate of drug-likeness (QED) is 0.693. The zero-order valence-electron chi connectivity index (χ0n) is 17.5. The van der Waals surface area contributed by atoms with Crippen LogP contribution in [-0.4, -0.2) is 61.6 Å². The van der Waals surface area contributed by atoms with Gasteiger partial charge in [-0.25, -0.2) is 25.0 Å². The SMILES string of the molecule is Cc1nc(CN(Cc2ccc3c(c2)nnn3C)C2=NC3(CCN(C)CC3)ON2)co1. The zero-order valence-corrected chi connectivity index (χ0v) is 17.5. The summed E-state index contributed by atoms with van der Waals surface area (Å²) >= 11 is 0. The second kappa shape index (κ2) is 7.37. The normalized spacial score (nSPS) is 18.7. The number of piperidine rings is 1. The summed E-state index contributed by atoms with van der Waals surface area (Å²) in [6, 6.07) is 6.20. The maximum atomic E-state index is 5.99. The number of hydrogen-bond donors (Lipinski definition) is 1. The molecule has 0 amide bonds. The fourth-order valence-corrected chi connectivity index (χ4v) is 3.98. The second-order valence-electron chi connectivity index (χ2n) is 8.14. The van der Waals surface area contributed by atoms with Crippen molar-refractivity contribution in [2.24, 2.45) is 12.0 Å². The molecule has 4 heterocycles. The molecule has 2 aliphatic rings. The molecule has 2 aliphatic heterocycles. The molecule has 1 aromatic carbocycles. The summed E-state index contributed by atoms with van der Waals surface area (Å²) < 4.78 is 7.18. The molecule has 10 heteroatoms. The molecule has 158 valence electrons. The molecule has 2 aromatic heterocycles. The van der Waals surface area contributed by atoms with Crippen LogP contribution >= 0.6 is 0 Å². The van der Waals surface area contributed by atoms with Crippen molar-refractivity contribution in [1.82, 2.24) is 35.3 Å². The molecule has 1 N–H and O–H groups in total. The van der Waals surface area contributed by atoms with Gasteiger partial charge in [0.25, 0.3) is 0 Å². The molecule has 0 unspecified atom stereocenters. The zero-order chi connectivity index (χ0) is 20.7. The Balaban J connectivity index is 1.42. The Morgan fingerprint density at radius 3 is 2.80 bits per heavy atom. The minimum absolute atomic E-state index is 0.491. The van der Waals surface area contributed by atoms with E-state index in [0.717, 1.165) is 54.2 Å². The van der Waals surface area contributed by atoms with E-state index in [1.165, 1.54) is 0 Å². The van der Waals surface area contributed by atoms with Crippen LogP contribution in [0.5, 0.6) is 0 Å².